The third kappa shape index (κ3) is 3.20. The molecule has 2 amide bonds. The number of aliphatic hydroxyl groups excluding tert-OH is 1. The lowest BCUT2D eigenvalue weighted by Gasteiger charge is -2.23. The van der Waals surface area contributed by atoms with E-state index in [-0.39, 0.29) is 24.0 Å². The Balaban J connectivity index is 1.68. The summed E-state index contributed by atoms with van der Waals surface area (Å²) < 4.78 is 19.3. The molecule has 0 saturated carbocycles. The molecular formula is C15H18BrFN2O3. The van der Waals surface area contributed by atoms with Crippen LogP contribution in [0.3, 0.4) is 0 Å². The molecule has 1 aromatic rings. The van der Waals surface area contributed by atoms with E-state index in [1.807, 2.05) is 0 Å². The fourth-order valence-electron chi connectivity index (χ4n) is 2.85. The minimum absolute atomic E-state index is 0.170. The highest BCUT2D eigenvalue weighted by atomic mass is 79.9. The van der Waals surface area contributed by atoms with Crippen molar-refractivity contribution in [2.24, 2.45) is 0 Å². The zero-order chi connectivity index (χ0) is 15.7. The van der Waals surface area contributed by atoms with Crippen LogP contribution >= 0.6 is 15.9 Å². The standard InChI is InChI=1S/C15H18BrFN2O3/c16-11-6-10-13(8-22-14(10)7-12(11)17)18-15(21)19-4-1-2-9(20)3-5-19/h6-7,9,13,20H,1-5,8H2,(H,18,21). The maximum Gasteiger partial charge on any atom is 0.318 e. The Morgan fingerprint density at radius 1 is 1.41 bits per heavy atom. The maximum atomic E-state index is 13.5. The second-order valence-corrected chi connectivity index (χ2v) is 6.54. The monoisotopic (exact) mass is 372 g/mol. The molecule has 2 heterocycles. The first-order valence-corrected chi connectivity index (χ1v) is 8.19. The van der Waals surface area contributed by atoms with Gasteiger partial charge in [0.05, 0.1) is 16.6 Å². The van der Waals surface area contributed by atoms with E-state index >= 15 is 0 Å². The van der Waals surface area contributed by atoms with Gasteiger partial charge in [0.25, 0.3) is 0 Å². The van der Waals surface area contributed by atoms with Crippen molar-refractivity contribution in [3.8, 4) is 5.75 Å². The van der Waals surface area contributed by atoms with Gasteiger partial charge in [0, 0.05) is 24.7 Å². The summed E-state index contributed by atoms with van der Waals surface area (Å²) in [6, 6.07) is 2.52. The number of carbonyl (C=O) groups excluding carboxylic acids is 1. The highest BCUT2D eigenvalue weighted by Gasteiger charge is 2.29. The summed E-state index contributed by atoms with van der Waals surface area (Å²) in [6.45, 7) is 1.48. The molecule has 0 bridgehead atoms. The Morgan fingerprint density at radius 2 is 2.23 bits per heavy atom. The van der Waals surface area contributed by atoms with E-state index in [4.69, 9.17) is 4.74 Å². The third-order valence-electron chi connectivity index (χ3n) is 4.12. The second-order valence-electron chi connectivity index (χ2n) is 5.69. The second kappa shape index (κ2) is 6.42. The molecule has 2 aliphatic heterocycles. The molecule has 2 aliphatic rings. The molecule has 120 valence electrons. The van der Waals surface area contributed by atoms with Crippen molar-refractivity contribution in [2.45, 2.75) is 31.4 Å². The van der Waals surface area contributed by atoms with E-state index in [1.54, 1.807) is 11.0 Å². The lowest BCUT2D eigenvalue weighted by molar-refractivity contribution is 0.155. The van der Waals surface area contributed by atoms with Gasteiger partial charge in [0.15, 0.2) is 0 Å². The zero-order valence-corrected chi connectivity index (χ0v) is 13.6. The normalized spacial score (nSPS) is 24.4. The van der Waals surface area contributed by atoms with Crippen LogP contribution in [0.25, 0.3) is 0 Å². The number of ether oxygens (including phenoxy) is 1. The predicted octanol–water partition coefficient (Wildman–Crippen LogP) is 2.58. The van der Waals surface area contributed by atoms with Crippen molar-refractivity contribution in [1.29, 1.82) is 0 Å². The Bertz CT molecular complexity index is 584. The number of halogens is 2. The first-order chi connectivity index (χ1) is 10.5. The largest absolute Gasteiger partial charge is 0.491 e. The summed E-state index contributed by atoms with van der Waals surface area (Å²) in [5.74, 6) is 0.0875. The fourth-order valence-corrected chi connectivity index (χ4v) is 3.21. The molecule has 0 aliphatic carbocycles. The van der Waals surface area contributed by atoms with Crippen LogP contribution in [0.4, 0.5) is 9.18 Å². The van der Waals surface area contributed by atoms with Gasteiger partial charge >= 0.3 is 6.03 Å². The molecule has 1 saturated heterocycles. The lowest BCUT2D eigenvalue weighted by atomic mass is 10.1. The maximum absolute atomic E-state index is 13.5. The smallest absolute Gasteiger partial charge is 0.318 e. The molecule has 22 heavy (non-hydrogen) atoms. The van der Waals surface area contributed by atoms with Crippen LogP contribution in [0.5, 0.6) is 5.75 Å². The molecule has 2 N–H and O–H groups in total. The molecule has 0 spiro atoms. The summed E-state index contributed by atoms with van der Waals surface area (Å²) in [4.78, 5) is 14.1. The fraction of sp³-hybridized carbons (Fsp3) is 0.533. The number of nitrogens with one attached hydrogen (secondary N) is 1. The molecule has 3 rings (SSSR count). The van der Waals surface area contributed by atoms with Crippen LogP contribution in [-0.2, 0) is 0 Å². The predicted molar refractivity (Wildman–Crippen MR) is 82.3 cm³/mol. The first kappa shape index (κ1) is 15.6. The van der Waals surface area contributed by atoms with Crippen LogP contribution in [0, 0.1) is 5.82 Å². The highest BCUT2D eigenvalue weighted by Crippen LogP contribution is 2.36. The van der Waals surface area contributed by atoms with Gasteiger partial charge in [-0.1, -0.05) is 0 Å². The molecule has 2 atom stereocenters. The van der Waals surface area contributed by atoms with Gasteiger partial charge in [-0.15, -0.1) is 0 Å². The number of aliphatic hydroxyl groups is 1. The van der Waals surface area contributed by atoms with Crippen LogP contribution in [-0.4, -0.2) is 41.8 Å². The zero-order valence-electron chi connectivity index (χ0n) is 12.0. The Hall–Kier alpha value is -1.34. The van der Waals surface area contributed by atoms with Gasteiger partial charge in [-0.3, -0.25) is 0 Å². The van der Waals surface area contributed by atoms with Crippen molar-refractivity contribution in [2.75, 3.05) is 19.7 Å². The summed E-state index contributed by atoms with van der Waals surface area (Å²) in [5, 5.41) is 12.6. The van der Waals surface area contributed by atoms with Crippen molar-refractivity contribution in [3.63, 3.8) is 0 Å². The van der Waals surface area contributed by atoms with Gasteiger partial charge in [0.1, 0.15) is 18.2 Å². The number of hydrogen-bond acceptors (Lipinski definition) is 3. The van der Waals surface area contributed by atoms with Gasteiger partial charge in [0.2, 0.25) is 0 Å². The molecule has 2 unspecified atom stereocenters. The molecule has 1 fully saturated rings. The minimum atomic E-state index is -0.382. The van der Waals surface area contributed by atoms with Gasteiger partial charge in [-0.25, -0.2) is 9.18 Å². The number of benzene rings is 1. The number of likely N-dealkylation sites (tertiary alicyclic amines) is 1. The highest BCUT2D eigenvalue weighted by molar-refractivity contribution is 9.10. The van der Waals surface area contributed by atoms with E-state index in [9.17, 15) is 14.3 Å². The van der Waals surface area contributed by atoms with Crippen molar-refractivity contribution in [1.82, 2.24) is 10.2 Å². The number of amides is 2. The SMILES string of the molecule is O=C(NC1COc2cc(F)c(Br)cc21)N1CCCC(O)CC1. The first-order valence-electron chi connectivity index (χ1n) is 7.40. The molecule has 7 heteroatoms. The third-order valence-corrected chi connectivity index (χ3v) is 4.72. The number of fused-ring (bicyclic) bond motifs is 1. The van der Waals surface area contributed by atoms with Gasteiger partial charge in [-0.2, -0.15) is 0 Å². The van der Waals surface area contributed by atoms with Crippen molar-refractivity contribution in [3.05, 3.63) is 28.0 Å². The number of carbonyl (C=O) groups is 1. The summed E-state index contributed by atoms with van der Waals surface area (Å²) in [6.07, 6.45) is 1.79. The van der Waals surface area contributed by atoms with Crippen LogP contribution in [0.15, 0.2) is 16.6 Å². The van der Waals surface area contributed by atoms with Crippen molar-refractivity contribution < 1.29 is 19.0 Å². The van der Waals surface area contributed by atoms with Gasteiger partial charge < -0.3 is 20.1 Å². The molecule has 0 aromatic heterocycles. The summed E-state index contributed by atoms with van der Waals surface area (Å²) >= 11 is 3.15. The number of hydrogen-bond donors (Lipinski definition) is 2. The Labute approximate surface area is 136 Å². The Kier molecular flexibility index (Phi) is 4.54. The topological polar surface area (TPSA) is 61.8 Å². The average Bonchev–Trinajstić information content (AvgIpc) is 2.71. The molecular weight excluding hydrogens is 355 g/mol. The van der Waals surface area contributed by atoms with E-state index in [0.717, 1.165) is 18.4 Å². The quantitative estimate of drug-likeness (QED) is 0.796. The number of urea groups is 1. The average molecular weight is 373 g/mol. The van der Waals surface area contributed by atoms with Crippen molar-refractivity contribution >= 4 is 22.0 Å². The lowest BCUT2D eigenvalue weighted by Crippen LogP contribution is -2.42. The van der Waals surface area contributed by atoms with E-state index in [0.29, 0.717) is 36.3 Å². The van der Waals surface area contributed by atoms with E-state index in [1.165, 1.54) is 6.07 Å². The number of nitrogens with zero attached hydrogens (tertiary/aromatic N) is 1. The van der Waals surface area contributed by atoms with Crippen LogP contribution in [0.2, 0.25) is 0 Å². The van der Waals surface area contributed by atoms with E-state index < -0.39 is 0 Å². The molecule has 0 radical (unpaired) electrons. The van der Waals surface area contributed by atoms with Crippen LogP contribution < -0.4 is 10.1 Å². The molecule has 1 aromatic carbocycles. The van der Waals surface area contributed by atoms with Gasteiger partial charge in [-0.05, 0) is 41.3 Å². The summed E-state index contributed by atoms with van der Waals surface area (Å²) in [7, 11) is 0. The van der Waals surface area contributed by atoms with Crippen LogP contribution in [0.1, 0.15) is 30.9 Å². The Morgan fingerprint density at radius 3 is 3.05 bits per heavy atom. The van der Waals surface area contributed by atoms with E-state index in [2.05, 4.69) is 21.2 Å². The summed E-state index contributed by atoms with van der Waals surface area (Å²) in [5.41, 5.74) is 0.775. The minimum Gasteiger partial charge on any atom is -0.491 e. The number of rotatable bonds is 1. The molecule has 5 nitrogen and oxygen atoms in total.